The maximum Gasteiger partial charge on any atom is 0.255 e. The first-order valence-corrected chi connectivity index (χ1v) is 8.97. The molecule has 4 heteroatoms. The fourth-order valence-corrected chi connectivity index (χ4v) is 4.05. The monoisotopic (exact) mass is 327 g/mol. The van der Waals surface area contributed by atoms with Crippen LogP contribution in [0.15, 0.2) is 53.4 Å². The van der Waals surface area contributed by atoms with Gasteiger partial charge in [-0.05, 0) is 29.7 Å². The summed E-state index contributed by atoms with van der Waals surface area (Å²) >= 11 is 1.80. The molecule has 0 radical (unpaired) electrons. The Kier molecular flexibility index (Phi) is 5.03. The average molecular weight is 327 g/mol. The molecular weight excluding hydrogens is 306 g/mol. The second kappa shape index (κ2) is 7.20. The Morgan fingerprint density at radius 1 is 1.17 bits per heavy atom. The van der Waals surface area contributed by atoms with Crippen LogP contribution in [0, 0.1) is 0 Å². The Labute approximate surface area is 141 Å². The van der Waals surface area contributed by atoms with Gasteiger partial charge in [-0.25, -0.2) is 0 Å². The molecule has 120 valence electrons. The molecule has 1 heterocycles. The van der Waals surface area contributed by atoms with Crippen molar-refractivity contribution in [3.05, 3.63) is 59.7 Å². The molecule has 3 rings (SSSR count). The third-order valence-corrected chi connectivity index (χ3v) is 5.34. The molecule has 1 aliphatic heterocycles. The summed E-state index contributed by atoms with van der Waals surface area (Å²) in [6.07, 6.45) is 0.539. The van der Waals surface area contributed by atoms with Crippen LogP contribution < -0.4 is 4.90 Å². The van der Waals surface area contributed by atoms with Gasteiger partial charge in [-0.1, -0.05) is 43.3 Å². The zero-order chi connectivity index (χ0) is 16.2. The molecule has 1 saturated heterocycles. The third kappa shape index (κ3) is 3.43. The van der Waals surface area contributed by atoms with Crippen molar-refractivity contribution in [1.82, 2.24) is 0 Å². The summed E-state index contributed by atoms with van der Waals surface area (Å²) in [4.78, 5) is 15.1. The van der Waals surface area contributed by atoms with Gasteiger partial charge in [0, 0.05) is 29.3 Å². The Morgan fingerprint density at radius 2 is 1.96 bits per heavy atom. The fraction of sp³-hybridized carbons (Fsp3) is 0.316. The normalized spacial score (nSPS) is 17.7. The standard InChI is InChI=1S/C19H21NO2S/c1-2-15-16(20-12-11-17(21)19(20)22)9-6-10-18(15)23-13-14-7-4-3-5-8-14/h3-10,17,21H,2,11-13H2,1H3/t17-/m0/s1. The Hall–Kier alpha value is -1.78. The van der Waals surface area contributed by atoms with Crippen LogP contribution in [0.3, 0.4) is 0 Å². The molecule has 1 amide bonds. The summed E-state index contributed by atoms with van der Waals surface area (Å²) in [5, 5.41) is 9.72. The number of aliphatic hydroxyl groups is 1. The predicted octanol–water partition coefficient (Wildman–Crippen LogP) is 3.64. The van der Waals surface area contributed by atoms with Crippen LogP contribution >= 0.6 is 11.8 Å². The van der Waals surface area contributed by atoms with Crippen molar-refractivity contribution in [1.29, 1.82) is 0 Å². The van der Waals surface area contributed by atoms with Crippen LogP contribution in [-0.4, -0.2) is 23.7 Å². The van der Waals surface area contributed by atoms with E-state index in [0.29, 0.717) is 13.0 Å². The van der Waals surface area contributed by atoms with E-state index in [9.17, 15) is 9.90 Å². The molecule has 1 fully saturated rings. The lowest BCUT2D eigenvalue weighted by molar-refractivity contribution is -0.124. The SMILES string of the molecule is CCc1c(SCc2ccccc2)cccc1N1CC[C@H](O)C1=O. The van der Waals surface area contributed by atoms with Gasteiger partial charge in [0.05, 0.1) is 0 Å². The molecule has 3 nitrogen and oxygen atoms in total. The van der Waals surface area contributed by atoms with E-state index in [1.807, 2.05) is 18.2 Å². The van der Waals surface area contributed by atoms with Crippen molar-refractivity contribution in [3.8, 4) is 0 Å². The van der Waals surface area contributed by atoms with Crippen LogP contribution in [0.5, 0.6) is 0 Å². The van der Waals surface area contributed by atoms with E-state index in [0.717, 1.165) is 17.9 Å². The lowest BCUT2D eigenvalue weighted by atomic mass is 10.1. The van der Waals surface area contributed by atoms with Gasteiger partial charge < -0.3 is 10.0 Å². The smallest absolute Gasteiger partial charge is 0.255 e. The van der Waals surface area contributed by atoms with Crippen molar-refractivity contribution < 1.29 is 9.90 Å². The van der Waals surface area contributed by atoms with Gasteiger partial charge in [0.25, 0.3) is 5.91 Å². The number of nitrogens with zero attached hydrogens (tertiary/aromatic N) is 1. The first-order chi connectivity index (χ1) is 11.2. The summed E-state index contributed by atoms with van der Waals surface area (Å²) in [7, 11) is 0. The lowest BCUT2D eigenvalue weighted by Crippen LogP contribution is -2.30. The molecule has 0 spiro atoms. The largest absolute Gasteiger partial charge is 0.383 e. The molecule has 1 N–H and O–H groups in total. The first kappa shape index (κ1) is 16.1. The highest BCUT2D eigenvalue weighted by atomic mass is 32.2. The highest BCUT2D eigenvalue weighted by Gasteiger charge is 2.32. The molecule has 0 unspecified atom stereocenters. The number of anilines is 1. The van der Waals surface area contributed by atoms with E-state index in [1.54, 1.807) is 16.7 Å². The van der Waals surface area contributed by atoms with Gasteiger partial charge in [-0.15, -0.1) is 11.8 Å². The number of thioether (sulfide) groups is 1. The van der Waals surface area contributed by atoms with Crippen LogP contribution in [0.4, 0.5) is 5.69 Å². The molecule has 2 aromatic rings. The van der Waals surface area contributed by atoms with Crippen molar-refractivity contribution in [3.63, 3.8) is 0 Å². The molecule has 0 bridgehead atoms. The van der Waals surface area contributed by atoms with Crippen LogP contribution in [0.1, 0.15) is 24.5 Å². The topological polar surface area (TPSA) is 40.5 Å². The van der Waals surface area contributed by atoms with Gasteiger partial charge in [-0.3, -0.25) is 4.79 Å². The van der Waals surface area contributed by atoms with E-state index in [1.165, 1.54) is 16.0 Å². The van der Waals surface area contributed by atoms with Gasteiger partial charge in [0.2, 0.25) is 0 Å². The minimum absolute atomic E-state index is 0.176. The quantitative estimate of drug-likeness (QED) is 0.853. The van der Waals surface area contributed by atoms with E-state index < -0.39 is 6.10 Å². The molecule has 1 atom stereocenters. The summed E-state index contributed by atoms with van der Waals surface area (Å²) in [6.45, 7) is 2.71. The van der Waals surface area contributed by atoms with Gasteiger partial charge in [0.1, 0.15) is 6.10 Å². The molecule has 0 aromatic heterocycles. The lowest BCUT2D eigenvalue weighted by Gasteiger charge is -2.21. The molecule has 0 aliphatic carbocycles. The van der Waals surface area contributed by atoms with E-state index in [-0.39, 0.29) is 5.91 Å². The number of carbonyl (C=O) groups excluding carboxylic acids is 1. The Bertz CT molecular complexity index is 687. The van der Waals surface area contributed by atoms with Gasteiger partial charge >= 0.3 is 0 Å². The average Bonchev–Trinajstić information content (AvgIpc) is 2.92. The van der Waals surface area contributed by atoms with Crippen molar-refractivity contribution in [2.75, 3.05) is 11.4 Å². The second-order valence-corrected chi connectivity index (χ2v) is 6.69. The van der Waals surface area contributed by atoms with Gasteiger partial charge in [0.15, 0.2) is 0 Å². The number of amides is 1. The molecule has 1 aliphatic rings. The maximum absolute atomic E-state index is 12.1. The van der Waals surface area contributed by atoms with Crippen LogP contribution in [0.25, 0.3) is 0 Å². The maximum atomic E-state index is 12.1. The number of carbonyl (C=O) groups is 1. The summed E-state index contributed by atoms with van der Waals surface area (Å²) in [5.74, 6) is 0.735. The zero-order valence-corrected chi connectivity index (χ0v) is 14.1. The number of aliphatic hydroxyl groups excluding tert-OH is 1. The zero-order valence-electron chi connectivity index (χ0n) is 13.2. The van der Waals surface area contributed by atoms with E-state index in [4.69, 9.17) is 0 Å². The Morgan fingerprint density at radius 3 is 2.61 bits per heavy atom. The summed E-state index contributed by atoms with van der Waals surface area (Å²) in [5.41, 5.74) is 3.43. The van der Waals surface area contributed by atoms with E-state index in [2.05, 4.69) is 37.3 Å². The second-order valence-electron chi connectivity index (χ2n) is 5.68. The fourth-order valence-electron chi connectivity index (χ4n) is 2.94. The van der Waals surface area contributed by atoms with Crippen molar-refractivity contribution in [2.45, 2.75) is 36.5 Å². The number of hydrogen-bond acceptors (Lipinski definition) is 3. The molecule has 2 aromatic carbocycles. The number of rotatable bonds is 5. The molecule has 23 heavy (non-hydrogen) atoms. The van der Waals surface area contributed by atoms with E-state index >= 15 is 0 Å². The number of benzene rings is 2. The molecule has 0 saturated carbocycles. The molecular formula is C19H21NO2S. The van der Waals surface area contributed by atoms with Gasteiger partial charge in [-0.2, -0.15) is 0 Å². The summed E-state index contributed by atoms with van der Waals surface area (Å²) in [6, 6.07) is 16.5. The van der Waals surface area contributed by atoms with Crippen molar-refractivity contribution in [2.24, 2.45) is 0 Å². The van der Waals surface area contributed by atoms with Crippen LogP contribution in [0.2, 0.25) is 0 Å². The highest BCUT2D eigenvalue weighted by molar-refractivity contribution is 7.98. The highest BCUT2D eigenvalue weighted by Crippen LogP contribution is 2.34. The Balaban J connectivity index is 1.84. The minimum atomic E-state index is -0.847. The summed E-state index contributed by atoms with van der Waals surface area (Å²) < 4.78 is 0. The number of hydrogen-bond donors (Lipinski definition) is 1. The van der Waals surface area contributed by atoms with Crippen molar-refractivity contribution >= 4 is 23.4 Å². The minimum Gasteiger partial charge on any atom is -0.383 e. The predicted molar refractivity (Wildman–Crippen MR) is 94.8 cm³/mol. The third-order valence-electron chi connectivity index (χ3n) is 4.17. The first-order valence-electron chi connectivity index (χ1n) is 7.98. The van der Waals surface area contributed by atoms with Crippen LogP contribution in [-0.2, 0) is 17.0 Å².